The highest BCUT2D eigenvalue weighted by atomic mass is 16.3. The minimum atomic E-state index is -0.104. The molecule has 17 heavy (non-hydrogen) atoms. The van der Waals surface area contributed by atoms with E-state index in [2.05, 4.69) is 15.7 Å². The summed E-state index contributed by atoms with van der Waals surface area (Å²) < 4.78 is 2.36. The van der Waals surface area contributed by atoms with Gasteiger partial charge < -0.3 is 9.67 Å². The fourth-order valence-electron chi connectivity index (χ4n) is 3.53. The van der Waals surface area contributed by atoms with Gasteiger partial charge in [0.1, 0.15) is 5.82 Å². The van der Waals surface area contributed by atoms with E-state index in [1.54, 1.807) is 0 Å². The SMILES string of the molecule is O[C@@H]1CCC[C@@H](n2ccnc2C2CCCC2)C1. The van der Waals surface area contributed by atoms with Crippen molar-refractivity contribution in [3.05, 3.63) is 18.2 Å². The van der Waals surface area contributed by atoms with Gasteiger partial charge in [0.2, 0.25) is 0 Å². The summed E-state index contributed by atoms with van der Waals surface area (Å²) in [7, 11) is 0. The zero-order valence-electron chi connectivity index (χ0n) is 10.4. The third kappa shape index (κ3) is 2.25. The second-order valence-electron chi connectivity index (χ2n) is 5.65. The highest BCUT2D eigenvalue weighted by Gasteiger charge is 2.27. The lowest BCUT2D eigenvalue weighted by Gasteiger charge is -2.29. The molecule has 1 aromatic heterocycles. The Morgan fingerprint density at radius 1 is 1.12 bits per heavy atom. The van der Waals surface area contributed by atoms with Gasteiger partial charge in [0.05, 0.1) is 6.10 Å². The van der Waals surface area contributed by atoms with E-state index in [1.165, 1.54) is 37.9 Å². The van der Waals surface area contributed by atoms with Crippen molar-refractivity contribution in [1.82, 2.24) is 9.55 Å². The molecule has 94 valence electrons. The van der Waals surface area contributed by atoms with E-state index in [0.717, 1.165) is 19.3 Å². The van der Waals surface area contributed by atoms with E-state index >= 15 is 0 Å². The quantitative estimate of drug-likeness (QED) is 0.854. The van der Waals surface area contributed by atoms with Gasteiger partial charge in [-0.25, -0.2) is 4.98 Å². The monoisotopic (exact) mass is 234 g/mol. The van der Waals surface area contributed by atoms with E-state index in [9.17, 15) is 5.11 Å². The first-order valence-electron chi connectivity index (χ1n) is 7.05. The summed E-state index contributed by atoms with van der Waals surface area (Å²) in [4.78, 5) is 4.58. The zero-order valence-corrected chi connectivity index (χ0v) is 10.4. The Hall–Kier alpha value is -0.830. The Kier molecular flexibility index (Phi) is 3.19. The van der Waals surface area contributed by atoms with Crippen molar-refractivity contribution in [3.63, 3.8) is 0 Å². The number of nitrogens with zero attached hydrogens (tertiary/aromatic N) is 2. The summed E-state index contributed by atoms with van der Waals surface area (Å²) in [6.07, 6.45) is 13.5. The Labute approximate surface area is 103 Å². The van der Waals surface area contributed by atoms with Crippen LogP contribution in [0.15, 0.2) is 12.4 Å². The van der Waals surface area contributed by atoms with E-state index < -0.39 is 0 Å². The van der Waals surface area contributed by atoms with Crippen molar-refractivity contribution < 1.29 is 5.11 Å². The third-order valence-corrected chi connectivity index (χ3v) is 4.43. The average Bonchev–Trinajstić information content (AvgIpc) is 3.00. The average molecular weight is 234 g/mol. The second-order valence-corrected chi connectivity index (χ2v) is 5.65. The molecule has 1 N–H and O–H groups in total. The van der Waals surface area contributed by atoms with Crippen molar-refractivity contribution in [2.75, 3.05) is 0 Å². The summed E-state index contributed by atoms with van der Waals surface area (Å²) in [6, 6.07) is 0.483. The molecule has 0 spiro atoms. The zero-order chi connectivity index (χ0) is 11.7. The molecule has 2 saturated carbocycles. The Balaban J connectivity index is 1.79. The lowest BCUT2D eigenvalue weighted by Crippen LogP contribution is -2.23. The lowest BCUT2D eigenvalue weighted by atomic mass is 9.92. The van der Waals surface area contributed by atoms with Crippen LogP contribution in [0.4, 0.5) is 0 Å². The molecule has 2 aliphatic rings. The van der Waals surface area contributed by atoms with Gasteiger partial charge in [-0.1, -0.05) is 12.8 Å². The van der Waals surface area contributed by atoms with Gasteiger partial charge in [-0.05, 0) is 38.5 Å². The van der Waals surface area contributed by atoms with Crippen LogP contribution < -0.4 is 0 Å². The van der Waals surface area contributed by atoms with Gasteiger partial charge in [-0.3, -0.25) is 0 Å². The predicted octanol–water partition coefficient (Wildman–Crippen LogP) is 3.02. The number of aliphatic hydroxyl groups excluding tert-OH is 1. The highest BCUT2D eigenvalue weighted by molar-refractivity contribution is 5.05. The first-order valence-corrected chi connectivity index (χ1v) is 7.05. The Morgan fingerprint density at radius 2 is 1.94 bits per heavy atom. The number of hydrogen-bond donors (Lipinski definition) is 1. The molecule has 0 unspecified atom stereocenters. The first kappa shape index (κ1) is 11.3. The number of aliphatic hydroxyl groups is 1. The molecule has 0 aromatic carbocycles. The fourth-order valence-corrected chi connectivity index (χ4v) is 3.53. The molecule has 1 heterocycles. The van der Waals surface area contributed by atoms with Gasteiger partial charge in [-0.2, -0.15) is 0 Å². The van der Waals surface area contributed by atoms with Crippen LogP contribution >= 0.6 is 0 Å². The molecule has 3 nitrogen and oxygen atoms in total. The summed E-state index contributed by atoms with van der Waals surface area (Å²) in [6.45, 7) is 0. The third-order valence-electron chi connectivity index (χ3n) is 4.43. The van der Waals surface area contributed by atoms with Gasteiger partial charge in [0.15, 0.2) is 0 Å². The molecule has 0 amide bonds. The summed E-state index contributed by atoms with van der Waals surface area (Å²) in [5.74, 6) is 1.95. The molecule has 2 aliphatic carbocycles. The predicted molar refractivity (Wildman–Crippen MR) is 66.9 cm³/mol. The van der Waals surface area contributed by atoms with Crippen molar-refractivity contribution in [1.29, 1.82) is 0 Å². The number of rotatable bonds is 2. The summed E-state index contributed by atoms with van der Waals surface area (Å²) >= 11 is 0. The molecule has 1 aromatic rings. The minimum Gasteiger partial charge on any atom is -0.393 e. The van der Waals surface area contributed by atoms with Crippen LogP contribution in [0.1, 0.15) is 69.2 Å². The van der Waals surface area contributed by atoms with Gasteiger partial charge in [0, 0.05) is 24.4 Å². The van der Waals surface area contributed by atoms with Crippen molar-refractivity contribution in [3.8, 4) is 0 Å². The fraction of sp³-hybridized carbons (Fsp3) is 0.786. The van der Waals surface area contributed by atoms with Gasteiger partial charge in [0.25, 0.3) is 0 Å². The van der Waals surface area contributed by atoms with Crippen LogP contribution in [0.2, 0.25) is 0 Å². The van der Waals surface area contributed by atoms with Crippen LogP contribution in [-0.2, 0) is 0 Å². The number of hydrogen-bond acceptors (Lipinski definition) is 2. The molecule has 0 aliphatic heterocycles. The lowest BCUT2D eigenvalue weighted by molar-refractivity contribution is 0.103. The largest absolute Gasteiger partial charge is 0.393 e. The summed E-state index contributed by atoms with van der Waals surface area (Å²) in [5, 5.41) is 9.80. The molecular formula is C14H22N2O. The van der Waals surface area contributed by atoms with E-state index in [0.29, 0.717) is 12.0 Å². The van der Waals surface area contributed by atoms with Crippen LogP contribution in [0.25, 0.3) is 0 Å². The topological polar surface area (TPSA) is 38.0 Å². The molecule has 2 fully saturated rings. The van der Waals surface area contributed by atoms with E-state index in [4.69, 9.17) is 0 Å². The minimum absolute atomic E-state index is 0.104. The summed E-state index contributed by atoms with van der Waals surface area (Å²) in [5.41, 5.74) is 0. The van der Waals surface area contributed by atoms with E-state index in [1.807, 2.05) is 6.20 Å². The smallest absolute Gasteiger partial charge is 0.112 e. The van der Waals surface area contributed by atoms with Crippen LogP contribution in [-0.4, -0.2) is 20.8 Å². The first-order chi connectivity index (χ1) is 8.34. The maximum absolute atomic E-state index is 9.80. The van der Waals surface area contributed by atoms with Gasteiger partial charge >= 0.3 is 0 Å². The van der Waals surface area contributed by atoms with Crippen molar-refractivity contribution >= 4 is 0 Å². The molecule has 0 radical (unpaired) electrons. The number of imidazole rings is 1. The van der Waals surface area contributed by atoms with Crippen LogP contribution in [0.3, 0.4) is 0 Å². The molecule has 3 heteroatoms. The van der Waals surface area contributed by atoms with Crippen molar-refractivity contribution in [2.45, 2.75) is 69.4 Å². The van der Waals surface area contributed by atoms with Crippen LogP contribution in [0.5, 0.6) is 0 Å². The maximum Gasteiger partial charge on any atom is 0.112 e. The molecule has 3 rings (SSSR count). The van der Waals surface area contributed by atoms with E-state index in [-0.39, 0.29) is 6.10 Å². The second kappa shape index (κ2) is 4.81. The molecular weight excluding hydrogens is 212 g/mol. The molecule has 2 atom stereocenters. The Bertz CT molecular complexity index is 368. The van der Waals surface area contributed by atoms with Crippen molar-refractivity contribution in [2.24, 2.45) is 0 Å². The molecule has 0 bridgehead atoms. The molecule has 0 saturated heterocycles. The maximum atomic E-state index is 9.80. The Morgan fingerprint density at radius 3 is 2.71 bits per heavy atom. The highest BCUT2D eigenvalue weighted by Crippen LogP contribution is 2.36. The normalized spacial score (nSPS) is 30.9. The van der Waals surface area contributed by atoms with Crippen LogP contribution in [0, 0.1) is 0 Å². The standard InChI is InChI=1S/C14H22N2O/c17-13-7-3-6-12(10-13)16-9-8-15-14(16)11-4-1-2-5-11/h8-9,11-13,17H,1-7,10H2/t12-,13-/m1/s1. The van der Waals surface area contributed by atoms with Gasteiger partial charge in [-0.15, -0.1) is 0 Å². The number of aromatic nitrogens is 2.